The number of nitrogens with zero attached hydrogens (tertiary/aromatic N) is 1. The first kappa shape index (κ1) is 28.2. The standard InChI is InChI=1S/C28H34N2O6S/c1-16-22(11-12-26(33)36-6)24(15-31)29-23(16)13-25-27(18(3)37-19(4)32)17(2)28(34)30(25)14-20-7-9-21(35-5)10-8-20/h7-10,13,15,17-18,27,29H,11-12,14H2,1-6H3/b25-13-/t17-,18+,27+/m1/s1. The van der Waals surface area contributed by atoms with Crippen LogP contribution in [0.25, 0.3) is 6.08 Å². The van der Waals surface area contributed by atoms with Gasteiger partial charge < -0.3 is 19.4 Å². The average Bonchev–Trinajstić information content (AvgIpc) is 3.30. The Balaban J connectivity index is 2.07. The Labute approximate surface area is 221 Å². The molecule has 37 heavy (non-hydrogen) atoms. The summed E-state index contributed by atoms with van der Waals surface area (Å²) in [5.74, 6) is -0.179. The van der Waals surface area contributed by atoms with Crippen LogP contribution in [0.2, 0.25) is 0 Å². The van der Waals surface area contributed by atoms with Crippen molar-refractivity contribution in [2.45, 2.75) is 52.3 Å². The molecule has 0 spiro atoms. The first-order valence-electron chi connectivity index (χ1n) is 12.2. The molecule has 0 unspecified atom stereocenters. The summed E-state index contributed by atoms with van der Waals surface area (Å²) in [6.45, 7) is 7.64. The van der Waals surface area contributed by atoms with Crippen molar-refractivity contribution in [2.75, 3.05) is 14.2 Å². The van der Waals surface area contributed by atoms with Gasteiger partial charge in [0.15, 0.2) is 11.4 Å². The fourth-order valence-corrected chi connectivity index (χ4v) is 5.97. The molecule has 8 nitrogen and oxygen atoms in total. The Morgan fingerprint density at radius 1 is 1.19 bits per heavy atom. The summed E-state index contributed by atoms with van der Waals surface area (Å²) < 4.78 is 10.0. The van der Waals surface area contributed by atoms with Crippen molar-refractivity contribution in [2.24, 2.45) is 11.8 Å². The van der Waals surface area contributed by atoms with Crippen molar-refractivity contribution in [1.82, 2.24) is 9.88 Å². The van der Waals surface area contributed by atoms with E-state index >= 15 is 0 Å². The summed E-state index contributed by atoms with van der Waals surface area (Å²) in [6, 6.07) is 7.55. The highest BCUT2D eigenvalue weighted by Crippen LogP contribution is 2.43. The number of aromatic amines is 1. The summed E-state index contributed by atoms with van der Waals surface area (Å²) in [7, 11) is 2.94. The van der Waals surface area contributed by atoms with Crippen LogP contribution in [0.15, 0.2) is 30.0 Å². The van der Waals surface area contributed by atoms with Crippen molar-refractivity contribution in [3.8, 4) is 5.75 Å². The molecule has 1 aromatic carbocycles. The van der Waals surface area contributed by atoms with E-state index in [1.165, 1.54) is 25.8 Å². The van der Waals surface area contributed by atoms with Crippen LogP contribution in [-0.4, -0.2) is 52.6 Å². The molecule has 0 radical (unpaired) electrons. The second-order valence-electron chi connectivity index (χ2n) is 9.22. The summed E-state index contributed by atoms with van der Waals surface area (Å²) in [4.78, 5) is 53.9. The highest BCUT2D eigenvalue weighted by molar-refractivity contribution is 8.14. The highest BCUT2D eigenvalue weighted by Gasteiger charge is 2.44. The summed E-state index contributed by atoms with van der Waals surface area (Å²) in [5, 5.41) is -0.146. The van der Waals surface area contributed by atoms with Crippen LogP contribution in [0.1, 0.15) is 60.1 Å². The van der Waals surface area contributed by atoms with Gasteiger partial charge in [-0.15, -0.1) is 0 Å². The fraction of sp³-hybridized carbons (Fsp3) is 0.429. The summed E-state index contributed by atoms with van der Waals surface area (Å²) in [5.41, 5.74) is 4.40. The van der Waals surface area contributed by atoms with Crippen molar-refractivity contribution >= 4 is 41.1 Å². The largest absolute Gasteiger partial charge is 0.497 e. The molecule has 1 amide bonds. The predicted octanol–water partition coefficient (Wildman–Crippen LogP) is 4.55. The van der Waals surface area contributed by atoms with Gasteiger partial charge in [0.05, 0.1) is 26.5 Å². The van der Waals surface area contributed by atoms with E-state index in [0.29, 0.717) is 24.4 Å². The van der Waals surface area contributed by atoms with Gasteiger partial charge in [0.25, 0.3) is 0 Å². The number of aldehydes is 1. The number of hydrogen-bond acceptors (Lipinski definition) is 7. The van der Waals surface area contributed by atoms with E-state index in [1.54, 1.807) is 12.0 Å². The Bertz CT molecular complexity index is 1200. The van der Waals surface area contributed by atoms with Gasteiger partial charge in [0.1, 0.15) is 5.75 Å². The maximum atomic E-state index is 13.5. The molecule has 0 aliphatic carbocycles. The van der Waals surface area contributed by atoms with Crippen molar-refractivity contribution < 1.29 is 28.7 Å². The number of methoxy groups -OCH3 is 2. The predicted molar refractivity (Wildman–Crippen MR) is 143 cm³/mol. The number of benzene rings is 1. The smallest absolute Gasteiger partial charge is 0.305 e. The maximum absolute atomic E-state index is 13.5. The minimum atomic E-state index is -0.353. The van der Waals surface area contributed by atoms with Crippen LogP contribution in [0.4, 0.5) is 0 Å². The molecule has 1 aliphatic heterocycles. The molecule has 0 saturated carbocycles. The number of H-pyrrole nitrogens is 1. The molecule has 9 heteroatoms. The Hall–Kier alpha value is -3.33. The lowest BCUT2D eigenvalue weighted by Gasteiger charge is -2.24. The first-order chi connectivity index (χ1) is 17.6. The van der Waals surface area contributed by atoms with Gasteiger partial charge in [-0.05, 0) is 48.2 Å². The molecule has 3 atom stereocenters. The lowest BCUT2D eigenvalue weighted by molar-refractivity contribution is -0.140. The zero-order valence-electron chi connectivity index (χ0n) is 22.1. The van der Waals surface area contributed by atoms with Gasteiger partial charge in [-0.3, -0.25) is 19.2 Å². The molecule has 2 heterocycles. The lowest BCUT2D eigenvalue weighted by Crippen LogP contribution is -2.25. The number of thioether (sulfide) groups is 1. The Kier molecular flexibility index (Phi) is 9.37. The van der Waals surface area contributed by atoms with Gasteiger partial charge in [-0.1, -0.05) is 37.7 Å². The molecular weight excluding hydrogens is 492 g/mol. The van der Waals surface area contributed by atoms with Crippen molar-refractivity contribution in [3.05, 3.63) is 58.0 Å². The molecule has 198 valence electrons. The maximum Gasteiger partial charge on any atom is 0.305 e. The number of aromatic nitrogens is 1. The number of rotatable bonds is 10. The van der Waals surface area contributed by atoms with Gasteiger partial charge in [-0.25, -0.2) is 0 Å². The molecular formula is C28H34N2O6S. The van der Waals surface area contributed by atoms with E-state index in [9.17, 15) is 19.2 Å². The van der Waals surface area contributed by atoms with Crippen LogP contribution in [0.3, 0.4) is 0 Å². The lowest BCUT2D eigenvalue weighted by atomic mass is 9.91. The van der Waals surface area contributed by atoms with Crippen LogP contribution < -0.4 is 4.74 Å². The number of hydrogen-bond donors (Lipinski definition) is 1. The van der Waals surface area contributed by atoms with Crippen molar-refractivity contribution in [3.63, 3.8) is 0 Å². The number of allylic oxidation sites excluding steroid dienone is 1. The van der Waals surface area contributed by atoms with Crippen LogP contribution in [0, 0.1) is 18.8 Å². The van der Waals surface area contributed by atoms with Crippen LogP contribution >= 0.6 is 11.8 Å². The number of esters is 1. The summed E-state index contributed by atoms with van der Waals surface area (Å²) in [6.07, 6.45) is 3.17. The fourth-order valence-electron chi connectivity index (χ4n) is 4.92. The van der Waals surface area contributed by atoms with Crippen LogP contribution in [-0.2, 0) is 32.1 Å². The molecule has 1 aromatic heterocycles. The first-order valence-corrected chi connectivity index (χ1v) is 13.1. The minimum absolute atomic E-state index is 0.00973. The normalized spacial score (nSPS) is 19.2. The van der Waals surface area contributed by atoms with E-state index in [-0.39, 0.29) is 40.5 Å². The van der Waals surface area contributed by atoms with Crippen LogP contribution in [0.5, 0.6) is 5.75 Å². The molecule has 1 fully saturated rings. The topological polar surface area (TPSA) is 106 Å². The zero-order valence-corrected chi connectivity index (χ0v) is 22.9. The Morgan fingerprint density at radius 3 is 2.43 bits per heavy atom. The van der Waals surface area contributed by atoms with E-state index < -0.39 is 0 Å². The average molecular weight is 527 g/mol. The minimum Gasteiger partial charge on any atom is -0.497 e. The van der Waals surface area contributed by atoms with E-state index in [1.807, 2.05) is 51.1 Å². The van der Waals surface area contributed by atoms with Gasteiger partial charge in [-0.2, -0.15) is 0 Å². The van der Waals surface area contributed by atoms with E-state index in [4.69, 9.17) is 9.47 Å². The molecule has 1 N–H and O–H groups in total. The Morgan fingerprint density at radius 2 is 1.86 bits per heavy atom. The van der Waals surface area contributed by atoms with Gasteiger partial charge in [0.2, 0.25) is 5.91 Å². The monoisotopic (exact) mass is 526 g/mol. The number of likely N-dealkylation sites (tertiary alicyclic amines) is 1. The molecule has 2 aromatic rings. The third-order valence-corrected chi connectivity index (χ3v) is 7.87. The number of carbonyl (C=O) groups excluding carboxylic acids is 4. The van der Waals surface area contributed by atoms with E-state index in [2.05, 4.69) is 4.98 Å². The number of nitrogens with one attached hydrogen (secondary N) is 1. The SMILES string of the molecule is COC(=O)CCc1c(C=O)[nH]c(/C=C2/[C@H]([C@H](C)SC(C)=O)[C@@H](C)C(=O)N2Cc2ccc(OC)cc2)c1C. The van der Waals surface area contributed by atoms with Gasteiger partial charge >= 0.3 is 5.97 Å². The third kappa shape index (κ3) is 6.33. The third-order valence-electron chi connectivity index (χ3n) is 6.87. The number of ether oxygens (including phenoxy) is 2. The second kappa shape index (κ2) is 12.3. The molecule has 1 saturated heterocycles. The van der Waals surface area contributed by atoms with Gasteiger partial charge in [0, 0.05) is 41.8 Å². The molecule has 3 rings (SSSR count). The zero-order chi connectivity index (χ0) is 27.3. The summed E-state index contributed by atoms with van der Waals surface area (Å²) >= 11 is 1.22. The second-order valence-corrected chi connectivity index (χ2v) is 10.8. The highest BCUT2D eigenvalue weighted by atomic mass is 32.2. The van der Waals surface area contributed by atoms with E-state index in [0.717, 1.165) is 34.4 Å². The molecule has 1 aliphatic rings. The quantitative estimate of drug-likeness (QED) is 0.358. The van der Waals surface area contributed by atoms with Crippen molar-refractivity contribution in [1.29, 1.82) is 0 Å². The number of carbonyl (C=O) groups is 4. The molecule has 0 bridgehead atoms. The number of amides is 1.